The minimum atomic E-state index is -0.337. The van der Waals surface area contributed by atoms with Crippen molar-refractivity contribution < 1.29 is 0 Å². The molecule has 1 spiro atoms. The molecule has 0 N–H and O–H groups in total. The molecular weight excluding hydrogens is 395 g/mol. The van der Waals surface area contributed by atoms with Crippen molar-refractivity contribution in [3.63, 3.8) is 0 Å². The normalized spacial score (nSPS) is 15.4. The minimum absolute atomic E-state index is 0.337. The van der Waals surface area contributed by atoms with Crippen LogP contribution >= 0.6 is 0 Å². The third-order valence-electron chi connectivity index (χ3n) is 7.26. The van der Waals surface area contributed by atoms with Gasteiger partial charge in [-0.05, 0) is 68.7 Å². The fourth-order valence-electron chi connectivity index (χ4n) is 5.83. The lowest BCUT2D eigenvalue weighted by Gasteiger charge is -2.32. The molecule has 0 aromatic heterocycles. The molecule has 0 saturated carbocycles. The average molecular weight is 418 g/mol. The van der Waals surface area contributed by atoms with E-state index in [1.165, 1.54) is 44.5 Å². The lowest BCUT2D eigenvalue weighted by atomic mass is 9.69. The lowest BCUT2D eigenvalue weighted by Crippen LogP contribution is -2.26. The zero-order chi connectivity index (χ0) is 22.6. The van der Waals surface area contributed by atoms with E-state index < -0.39 is 0 Å². The molecule has 0 fully saturated rings. The molecule has 0 aliphatic heterocycles. The summed E-state index contributed by atoms with van der Waals surface area (Å²) in [5.74, 6) is 0. The van der Waals surface area contributed by atoms with Crippen LogP contribution in [0.1, 0.15) is 34.7 Å². The minimum Gasteiger partial charge on any atom is -0.0984 e. The van der Waals surface area contributed by atoms with E-state index in [0.29, 0.717) is 0 Å². The van der Waals surface area contributed by atoms with Crippen molar-refractivity contribution in [3.8, 4) is 11.1 Å². The molecule has 4 aromatic rings. The van der Waals surface area contributed by atoms with Gasteiger partial charge in [-0.15, -0.1) is 0 Å². The molecule has 6 rings (SSSR count). The van der Waals surface area contributed by atoms with E-state index in [-0.39, 0.29) is 5.41 Å². The summed E-state index contributed by atoms with van der Waals surface area (Å²) in [5, 5.41) is 0. The average Bonchev–Trinajstić information content (AvgIpc) is 3.29. The van der Waals surface area contributed by atoms with E-state index in [0.717, 1.165) is 16.6 Å². The maximum Gasteiger partial charge on any atom is 0.113 e. The highest BCUT2D eigenvalue weighted by molar-refractivity contribution is 6.32. The van der Waals surface area contributed by atoms with Crippen molar-refractivity contribution in [2.75, 3.05) is 0 Å². The monoisotopic (exact) mass is 418 g/mol. The second kappa shape index (κ2) is 7.35. The second-order valence-electron chi connectivity index (χ2n) is 8.85. The molecule has 2 aliphatic rings. The Morgan fingerprint density at radius 2 is 1.18 bits per heavy atom. The first-order chi connectivity index (χ1) is 16.2. The molecular formula is C32H23B. The number of benzene rings is 4. The maximum absolute atomic E-state index is 5.96. The van der Waals surface area contributed by atoms with E-state index in [1.54, 1.807) is 0 Å². The lowest BCUT2D eigenvalue weighted by molar-refractivity contribution is 0.786. The number of rotatable bonds is 3. The molecule has 1 heteroatoms. The third kappa shape index (κ3) is 2.66. The Hall–Kier alpha value is -3.84. The number of hydrogen-bond acceptors (Lipinski definition) is 0. The number of allylic oxidation sites excluding steroid dienone is 5. The molecule has 0 nitrogen and oxygen atoms in total. The molecule has 2 aliphatic carbocycles. The molecule has 0 atom stereocenters. The zero-order valence-corrected chi connectivity index (χ0v) is 18.7. The van der Waals surface area contributed by atoms with Crippen molar-refractivity contribution in [1.82, 2.24) is 0 Å². The van der Waals surface area contributed by atoms with E-state index in [4.69, 9.17) is 7.85 Å². The van der Waals surface area contributed by atoms with E-state index >= 15 is 0 Å². The van der Waals surface area contributed by atoms with Gasteiger partial charge in [-0.2, -0.15) is 0 Å². The van der Waals surface area contributed by atoms with Gasteiger partial charge >= 0.3 is 0 Å². The Morgan fingerprint density at radius 3 is 1.73 bits per heavy atom. The van der Waals surface area contributed by atoms with Crippen LogP contribution < -0.4 is 5.46 Å². The summed E-state index contributed by atoms with van der Waals surface area (Å²) in [6.45, 7) is 6.41. The highest BCUT2D eigenvalue weighted by atomic mass is 14.5. The third-order valence-corrected chi connectivity index (χ3v) is 7.26. The van der Waals surface area contributed by atoms with Crippen LogP contribution in [0.2, 0.25) is 0 Å². The van der Waals surface area contributed by atoms with Crippen molar-refractivity contribution in [2.45, 2.75) is 12.3 Å². The predicted octanol–water partition coefficient (Wildman–Crippen LogP) is 6.85. The van der Waals surface area contributed by atoms with Crippen LogP contribution in [0.5, 0.6) is 0 Å². The summed E-state index contributed by atoms with van der Waals surface area (Å²) in [5.41, 5.74) is 13.3. The molecule has 0 bridgehead atoms. The first kappa shape index (κ1) is 19.8. The van der Waals surface area contributed by atoms with Gasteiger partial charge in [-0.1, -0.05) is 115 Å². The van der Waals surface area contributed by atoms with Crippen molar-refractivity contribution in [2.24, 2.45) is 0 Å². The Balaban J connectivity index is 1.71. The molecule has 0 unspecified atom stereocenters. The highest BCUT2D eigenvalue weighted by Gasteiger charge is 2.51. The summed E-state index contributed by atoms with van der Waals surface area (Å²) in [4.78, 5) is 0. The predicted molar refractivity (Wildman–Crippen MR) is 141 cm³/mol. The van der Waals surface area contributed by atoms with Gasteiger partial charge in [0.15, 0.2) is 0 Å². The fraction of sp³-hybridized carbons (Fsp3) is 0.0625. The molecule has 154 valence electrons. The van der Waals surface area contributed by atoms with Crippen LogP contribution in [0.25, 0.3) is 22.3 Å². The fourth-order valence-corrected chi connectivity index (χ4v) is 5.83. The van der Waals surface area contributed by atoms with Crippen LogP contribution in [0.4, 0.5) is 0 Å². The van der Waals surface area contributed by atoms with Gasteiger partial charge in [0.1, 0.15) is 7.85 Å². The molecule has 33 heavy (non-hydrogen) atoms. The number of fused-ring (bicyclic) bond motifs is 7. The van der Waals surface area contributed by atoms with Gasteiger partial charge in [-0.3, -0.25) is 0 Å². The van der Waals surface area contributed by atoms with Crippen molar-refractivity contribution >= 4 is 24.5 Å². The van der Waals surface area contributed by atoms with Crippen molar-refractivity contribution in [1.29, 1.82) is 0 Å². The molecule has 2 radical (unpaired) electrons. The largest absolute Gasteiger partial charge is 0.113 e. The SMILES string of the molecule is [B]c1ccc(/C(C=C)=C/C2=C(C)c3ccccc3C23c2ccccc2-c2ccccc23)cc1. The van der Waals surface area contributed by atoms with Crippen molar-refractivity contribution in [3.05, 3.63) is 149 Å². The summed E-state index contributed by atoms with van der Waals surface area (Å²) >= 11 is 0. The van der Waals surface area contributed by atoms with E-state index in [1.807, 2.05) is 18.2 Å². The smallest absolute Gasteiger partial charge is 0.0984 e. The molecule has 0 amide bonds. The Labute approximate surface area is 197 Å². The first-order valence-corrected chi connectivity index (χ1v) is 11.4. The Kier molecular flexibility index (Phi) is 4.42. The van der Waals surface area contributed by atoms with Crippen LogP contribution in [0.15, 0.2) is 121 Å². The second-order valence-corrected chi connectivity index (χ2v) is 8.85. The first-order valence-electron chi connectivity index (χ1n) is 11.4. The summed E-state index contributed by atoms with van der Waals surface area (Å²) in [7, 11) is 5.96. The van der Waals surface area contributed by atoms with Gasteiger partial charge < -0.3 is 0 Å². The number of hydrogen-bond donors (Lipinski definition) is 0. The summed E-state index contributed by atoms with van der Waals surface area (Å²) < 4.78 is 0. The zero-order valence-electron chi connectivity index (χ0n) is 18.7. The topological polar surface area (TPSA) is 0 Å². The molecule has 0 heterocycles. The van der Waals surface area contributed by atoms with Crippen LogP contribution in [-0.2, 0) is 5.41 Å². The van der Waals surface area contributed by atoms with Gasteiger partial charge in [0.25, 0.3) is 0 Å². The van der Waals surface area contributed by atoms with E-state index in [9.17, 15) is 0 Å². The van der Waals surface area contributed by atoms with Crippen LogP contribution in [0, 0.1) is 0 Å². The standard InChI is InChI=1S/C32H23B/c1-3-22(23-16-18-24(33)19-17-23)20-31-21(2)25-10-4-7-13-28(25)32(31)29-14-8-5-11-26(29)27-12-6-9-15-30(27)32/h3-20H,1H2,2H3/b22-20+. The van der Waals surface area contributed by atoms with Crippen LogP contribution in [0.3, 0.4) is 0 Å². The quantitative estimate of drug-likeness (QED) is 0.252. The Morgan fingerprint density at radius 1 is 0.697 bits per heavy atom. The molecule has 0 saturated heterocycles. The molecule has 4 aromatic carbocycles. The Bertz CT molecular complexity index is 1440. The van der Waals surface area contributed by atoms with Gasteiger partial charge in [-0.25, -0.2) is 0 Å². The van der Waals surface area contributed by atoms with Crippen LogP contribution in [-0.4, -0.2) is 7.85 Å². The maximum atomic E-state index is 5.96. The summed E-state index contributed by atoms with van der Waals surface area (Å²) in [6.07, 6.45) is 4.29. The van der Waals surface area contributed by atoms with Gasteiger partial charge in [0.2, 0.25) is 0 Å². The highest BCUT2D eigenvalue weighted by Crippen LogP contribution is 2.62. The van der Waals surface area contributed by atoms with Gasteiger partial charge in [0, 0.05) is 0 Å². The van der Waals surface area contributed by atoms with E-state index in [2.05, 4.69) is 105 Å². The van der Waals surface area contributed by atoms with Gasteiger partial charge in [0.05, 0.1) is 5.41 Å². The summed E-state index contributed by atoms with van der Waals surface area (Å²) in [6, 6.07) is 34.7.